The Kier molecular flexibility index (Phi) is 2.74. The first-order valence-electron chi connectivity index (χ1n) is 6.11. The van der Waals surface area contributed by atoms with Crippen molar-refractivity contribution in [3.8, 4) is 0 Å². The molecule has 1 aromatic heterocycles. The van der Waals surface area contributed by atoms with E-state index in [4.69, 9.17) is 5.73 Å². The molecule has 18 heavy (non-hydrogen) atoms. The topological polar surface area (TPSA) is 98.0 Å². The van der Waals surface area contributed by atoms with E-state index in [2.05, 4.69) is 15.3 Å². The van der Waals surface area contributed by atoms with Crippen molar-refractivity contribution in [3.05, 3.63) is 17.1 Å². The van der Waals surface area contributed by atoms with E-state index >= 15 is 0 Å². The molecule has 98 valence electrons. The van der Waals surface area contributed by atoms with Gasteiger partial charge in [-0.1, -0.05) is 0 Å². The zero-order valence-corrected chi connectivity index (χ0v) is 10.8. The first-order valence-corrected chi connectivity index (χ1v) is 7.93. The number of hydrogen-bond donors (Lipinski definition) is 2. The maximum atomic E-state index is 11.6. The van der Waals surface area contributed by atoms with Crippen molar-refractivity contribution in [2.75, 3.05) is 18.8 Å². The lowest BCUT2D eigenvalue weighted by atomic mass is 9.97. The number of sulfone groups is 1. The maximum Gasteiger partial charge on any atom is 0.160 e. The third-order valence-corrected chi connectivity index (χ3v) is 5.01. The zero-order chi connectivity index (χ0) is 12.8. The van der Waals surface area contributed by atoms with Gasteiger partial charge >= 0.3 is 0 Å². The Hall–Kier alpha value is -1.21. The number of fused-ring (bicyclic) bond motifs is 1. The van der Waals surface area contributed by atoms with Gasteiger partial charge in [0.25, 0.3) is 0 Å². The highest BCUT2D eigenvalue weighted by Crippen LogP contribution is 2.30. The van der Waals surface area contributed by atoms with Gasteiger partial charge in [0.15, 0.2) is 9.84 Å². The van der Waals surface area contributed by atoms with Crippen molar-refractivity contribution in [3.63, 3.8) is 0 Å². The van der Waals surface area contributed by atoms with Gasteiger partial charge in [0.1, 0.15) is 11.6 Å². The van der Waals surface area contributed by atoms with Gasteiger partial charge in [-0.3, -0.25) is 0 Å². The molecule has 0 aromatic carbocycles. The van der Waals surface area contributed by atoms with E-state index in [9.17, 15) is 8.42 Å². The van der Waals surface area contributed by atoms with Crippen molar-refractivity contribution >= 4 is 15.7 Å². The molecule has 3 rings (SSSR count). The Morgan fingerprint density at radius 1 is 1.17 bits per heavy atom. The van der Waals surface area contributed by atoms with Crippen LogP contribution in [0.5, 0.6) is 0 Å². The van der Waals surface area contributed by atoms with E-state index in [1.165, 1.54) is 0 Å². The van der Waals surface area contributed by atoms with Crippen LogP contribution in [-0.4, -0.2) is 31.5 Å². The van der Waals surface area contributed by atoms with Crippen LogP contribution in [0.4, 0.5) is 5.82 Å². The third kappa shape index (κ3) is 2.08. The summed E-state index contributed by atoms with van der Waals surface area (Å²) in [4.78, 5) is 8.74. The summed E-state index contributed by atoms with van der Waals surface area (Å²) in [5.74, 6) is 1.34. The van der Waals surface area contributed by atoms with Gasteiger partial charge in [-0.25, -0.2) is 18.4 Å². The molecular weight excluding hydrogens is 252 g/mol. The smallest absolute Gasteiger partial charge is 0.160 e. The van der Waals surface area contributed by atoms with E-state index in [0.717, 1.165) is 25.9 Å². The predicted octanol–water partition coefficient (Wildman–Crippen LogP) is -0.0458. The molecule has 0 unspecified atom stereocenters. The summed E-state index contributed by atoms with van der Waals surface area (Å²) in [6.07, 6.45) is 1.95. The molecule has 3 heterocycles. The van der Waals surface area contributed by atoms with Crippen LogP contribution in [-0.2, 0) is 21.3 Å². The largest absolute Gasteiger partial charge is 0.383 e. The molecule has 2 aliphatic rings. The summed E-state index contributed by atoms with van der Waals surface area (Å²) in [5, 5.41) is 3.28. The van der Waals surface area contributed by atoms with Crippen LogP contribution in [0.1, 0.15) is 35.8 Å². The Morgan fingerprint density at radius 2 is 1.89 bits per heavy atom. The number of piperidine rings is 1. The van der Waals surface area contributed by atoms with Gasteiger partial charge in [0, 0.05) is 11.5 Å². The average molecular weight is 268 g/mol. The molecular formula is C11H16N4O2S. The van der Waals surface area contributed by atoms with Crippen LogP contribution in [0, 0.1) is 0 Å². The fourth-order valence-corrected chi connectivity index (χ4v) is 4.10. The average Bonchev–Trinajstić information content (AvgIpc) is 2.65. The van der Waals surface area contributed by atoms with Gasteiger partial charge in [0.05, 0.1) is 17.2 Å². The zero-order valence-electron chi connectivity index (χ0n) is 10.0. The number of anilines is 1. The number of hydrogen-bond acceptors (Lipinski definition) is 6. The normalized spacial score (nSPS) is 22.9. The molecule has 0 amide bonds. The Bertz CT molecular complexity index is 579. The summed E-state index contributed by atoms with van der Waals surface area (Å²) in [6, 6.07) is 0. The number of aromatic nitrogens is 2. The molecule has 0 radical (unpaired) electrons. The van der Waals surface area contributed by atoms with Gasteiger partial charge in [0.2, 0.25) is 0 Å². The number of nitrogens with one attached hydrogen (secondary N) is 1. The molecule has 0 spiro atoms. The van der Waals surface area contributed by atoms with Crippen LogP contribution in [0.2, 0.25) is 0 Å². The molecule has 1 aromatic rings. The summed E-state index contributed by atoms with van der Waals surface area (Å²) >= 11 is 0. The van der Waals surface area contributed by atoms with E-state index in [0.29, 0.717) is 28.8 Å². The van der Waals surface area contributed by atoms with Crippen LogP contribution in [0.25, 0.3) is 0 Å². The standard InChI is InChI=1S/C11H16N4O2S/c12-10-8-5-18(16,17)6-9(8)14-11(15-10)7-1-3-13-4-2-7/h7,13H,1-6H2,(H2,12,14,15). The number of nitrogens with zero attached hydrogens (tertiary/aromatic N) is 2. The maximum absolute atomic E-state index is 11.6. The van der Waals surface area contributed by atoms with Crippen molar-refractivity contribution in [1.82, 2.24) is 15.3 Å². The SMILES string of the molecule is Nc1nc(C2CCNCC2)nc2c1CS(=O)(=O)C2. The van der Waals surface area contributed by atoms with E-state index in [1.807, 2.05) is 0 Å². The second kappa shape index (κ2) is 4.17. The lowest BCUT2D eigenvalue weighted by molar-refractivity contribution is 0.444. The van der Waals surface area contributed by atoms with Gasteiger partial charge in [-0.05, 0) is 25.9 Å². The quantitative estimate of drug-likeness (QED) is 0.741. The van der Waals surface area contributed by atoms with Gasteiger partial charge < -0.3 is 11.1 Å². The fraction of sp³-hybridized carbons (Fsp3) is 0.636. The molecule has 7 heteroatoms. The highest BCUT2D eigenvalue weighted by atomic mass is 32.2. The second-order valence-electron chi connectivity index (χ2n) is 4.95. The Labute approximate surface area is 106 Å². The molecule has 3 N–H and O–H groups in total. The van der Waals surface area contributed by atoms with Crippen molar-refractivity contribution in [2.24, 2.45) is 0 Å². The van der Waals surface area contributed by atoms with Gasteiger partial charge in [-0.2, -0.15) is 0 Å². The molecule has 1 saturated heterocycles. The van der Waals surface area contributed by atoms with Crippen molar-refractivity contribution < 1.29 is 8.42 Å². The van der Waals surface area contributed by atoms with Gasteiger partial charge in [-0.15, -0.1) is 0 Å². The molecule has 0 atom stereocenters. The Morgan fingerprint density at radius 3 is 2.61 bits per heavy atom. The van der Waals surface area contributed by atoms with E-state index < -0.39 is 9.84 Å². The van der Waals surface area contributed by atoms with E-state index in [1.54, 1.807) is 0 Å². The molecule has 0 saturated carbocycles. The highest BCUT2D eigenvalue weighted by Gasteiger charge is 2.30. The first-order chi connectivity index (χ1) is 8.55. The summed E-state index contributed by atoms with van der Waals surface area (Å²) in [7, 11) is -3.07. The highest BCUT2D eigenvalue weighted by molar-refractivity contribution is 7.90. The van der Waals surface area contributed by atoms with Crippen LogP contribution in [0.3, 0.4) is 0 Å². The minimum absolute atomic E-state index is 0.00697. The van der Waals surface area contributed by atoms with Crippen LogP contribution >= 0.6 is 0 Å². The Balaban J connectivity index is 1.97. The second-order valence-corrected chi connectivity index (χ2v) is 7.01. The van der Waals surface area contributed by atoms with Crippen LogP contribution in [0.15, 0.2) is 0 Å². The monoisotopic (exact) mass is 268 g/mol. The molecule has 2 aliphatic heterocycles. The number of nitrogen functional groups attached to an aromatic ring is 1. The first kappa shape index (κ1) is 11.9. The van der Waals surface area contributed by atoms with Crippen molar-refractivity contribution in [2.45, 2.75) is 30.3 Å². The minimum atomic E-state index is -3.07. The third-order valence-electron chi connectivity index (χ3n) is 3.57. The predicted molar refractivity (Wildman–Crippen MR) is 67.6 cm³/mol. The minimum Gasteiger partial charge on any atom is -0.383 e. The fourth-order valence-electron chi connectivity index (χ4n) is 2.59. The van der Waals surface area contributed by atoms with Crippen molar-refractivity contribution in [1.29, 1.82) is 0 Å². The van der Waals surface area contributed by atoms with E-state index in [-0.39, 0.29) is 11.5 Å². The molecule has 0 aliphatic carbocycles. The number of nitrogens with two attached hydrogens (primary N) is 1. The summed E-state index contributed by atoms with van der Waals surface area (Å²) in [5.41, 5.74) is 7.08. The number of rotatable bonds is 1. The lowest BCUT2D eigenvalue weighted by Gasteiger charge is -2.21. The lowest BCUT2D eigenvalue weighted by Crippen LogP contribution is -2.28. The molecule has 0 bridgehead atoms. The molecule has 6 nitrogen and oxygen atoms in total. The molecule has 1 fully saturated rings. The van der Waals surface area contributed by atoms with Crippen LogP contribution < -0.4 is 11.1 Å². The summed E-state index contributed by atoms with van der Waals surface area (Å²) in [6.45, 7) is 1.90. The summed E-state index contributed by atoms with van der Waals surface area (Å²) < 4.78 is 23.2.